The van der Waals surface area contributed by atoms with Gasteiger partial charge in [0.25, 0.3) is 11.8 Å². The minimum Gasteiger partial charge on any atom is -0.459 e. The SMILES string of the molecule is O=C(Nc1ccc(C(=O)N2CCc3ccccc32)s1)c1ccco1. The molecule has 0 radical (unpaired) electrons. The predicted molar refractivity (Wildman–Crippen MR) is 92.8 cm³/mol. The normalized spacial score (nSPS) is 12.9. The lowest BCUT2D eigenvalue weighted by atomic mass is 10.2. The summed E-state index contributed by atoms with van der Waals surface area (Å²) in [6.45, 7) is 0.685. The monoisotopic (exact) mass is 338 g/mol. The summed E-state index contributed by atoms with van der Waals surface area (Å²) < 4.78 is 5.06. The molecule has 3 heterocycles. The third-order valence-electron chi connectivity index (χ3n) is 3.93. The number of anilines is 2. The molecule has 4 rings (SSSR count). The Bertz CT molecular complexity index is 899. The topological polar surface area (TPSA) is 62.6 Å². The van der Waals surface area contributed by atoms with Crippen LogP contribution in [0.5, 0.6) is 0 Å². The fourth-order valence-corrected chi connectivity index (χ4v) is 3.63. The Morgan fingerprint density at radius 3 is 2.79 bits per heavy atom. The standard InChI is InChI=1S/C18H14N2O3S/c21-17(14-6-3-11-23-14)19-16-8-7-15(24-16)18(22)20-10-9-12-4-1-2-5-13(12)20/h1-8,11H,9-10H2,(H,19,21). The zero-order chi connectivity index (χ0) is 16.5. The molecule has 0 atom stereocenters. The second-order valence-corrected chi connectivity index (χ2v) is 6.51. The molecule has 3 aromatic rings. The highest BCUT2D eigenvalue weighted by Crippen LogP contribution is 2.31. The molecule has 1 aliphatic rings. The van der Waals surface area contributed by atoms with E-state index in [9.17, 15) is 9.59 Å². The minimum absolute atomic E-state index is 0.0385. The van der Waals surface area contributed by atoms with Gasteiger partial charge in [0, 0.05) is 12.2 Å². The molecule has 0 saturated carbocycles. The maximum Gasteiger partial charge on any atom is 0.291 e. The number of nitrogens with zero attached hydrogens (tertiary/aromatic N) is 1. The average molecular weight is 338 g/mol. The van der Waals surface area contributed by atoms with E-state index in [1.54, 1.807) is 29.2 Å². The molecule has 0 bridgehead atoms. The van der Waals surface area contributed by atoms with E-state index in [1.807, 2.05) is 24.3 Å². The fraction of sp³-hybridized carbons (Fsp3) is 0.111. The molecule has 0 spiro atoms. The van der Waals surface area contributed by atoms with Crippen LogP contribution >= 0.6 is 11.3 Å². The van der Waals surface area contributed by atoms with Gasteiger partial charge in [0.2, 0.25) is 0 Å². The van der Waals surface area contributed by atoms with E-state index in [4.69, 9.17) is 4.42 Å². The molecule has 0 unspecified atom stereocenters. The maximum absolute atomic E-state index is 12.7. The smallest absolute Gasteiger partial charge is 0.291 e. The number of para-hydroxylation sites is 1. The number of carbonyl (C=O) groups excluding carboxylic acids is 2. The number of amides is 2. The van der Waals surface area contributed by atoms with E-state index in [1.165, 1.54) is 23.2 Å². The van der Waals surface area contributed by atoms with E-state index in [-0.39, 0.29) is 17.6 Å². The van der Waals surface area contributed by atoms with E-state index in [0.717, 1.165) is 12.1 Å². The molecule has 2 aromatic heterocycles. The summed E-state index contributed by atoms with van der Waals surface area (Å²) in [4.78, 5) is 27.1. The van der Waals surface area contributed by atoms with Crippen molar-refractivity contribution in [2.45, 2.75) is 6.42 Å². The Balaban J connectivity index is 1.51. The molecule has 6 heteroatoms. The first-order chi connectivity index (χ1) is 11.7. The minimum atomic E-state index is -0.327. The molecule has 1 aliphatic heterocycles. The quantitative estimate of drug-likeness (QED) is 0.790. The van der Waals surface area contributed by atoms with Gasteiger partial charge < -0.3 is 14.6 Å². The number of benzene rings is 1. The molecule has 2 amide bonds. The van der Waals surface area contributed by atoms with Crippen LogP contribution in [-0.2, 0) is 6.42 Å². The summed E-state index contributed by atoms with van der Waals surface area (Å²) in [5, 5.41) is 3.36. The third kappa shape index (κ3) is 2.61. The van der Waals surface area contributed by atoms with Crippen molar-refractivity contribution in [1.29, 1.82) is 0 Å². The van der Waals surface area contributed by atoms with Crippen LogP contribution in [0.2, 0.25) is 0 Å². The summed E-state index contributed by atoms with van der Waals surface area (Å²) in [6.07, 6.45) is 2.32. The van der Waals surface area contributed by atoms with Crippen LogP contribution in [-0.4, -0.2) is 18.4 Å². The average Bonchev–Trinajstić information content (AvgIpc) is 3.34. The number of hydrogen-bond donors (Lipinski definition) is 1. The molecular weight excluding hydrogens is 324 g/mol. The van der Waals surface area contributed by atoms with Crippen LogP contribution < -0.4 is 10.2 Å². The van der Waals surface area contributed by atoms with Gasteiger partial charge in [-0.3, -0.25) is 9.59 Å². The number of fused-ring (bicyclic) bond motifs is 1. The zero-order valence-electron chi connectivity index (χ0n) is 12.7. The van der Waals surface area contributed by atoms with Gasteiger partial charge in [0.05, 0.1) is 16.1 Å². The molecule has 0 aliphatic carbocycles. The number of hydrogen-bond acceptors (Lipinski definition) is 4. The summed E-state index contributed by atoms with van der Waals surface area (Å²) >= 11 is 1.26. The van der Waals surface area contributed by atoms with Crippen LogP contribution in [0.25, 0.3) is 0 Å². The van der Waals surface area contributed by atoms with Crippen molar-refractivity contribution >= 4 is 33.8 Å². The van der Waals surface area contributed by atoms with Crippen LogP contribution in [0.4, 0.5) is 10.7 Å². The van der Waals surface area contributed by atoms with Gasteiger partial charge >= 0.3 is 0 Å². The van der Waals surface area contributed by atoms with Crippen LogP contribution in [0.1, 0.15) is 25.8 Å². The van der Waals surface area contributed by atoms with Gasteiger partial charge in [-0.2, -0.15) is 0 Å². The lowest BCUT2D eigenvalue weighted by Crippen LogP contribution is -2.28. The van der Waals surface area contributed by atoms with Crippen LogP contribution in [0.15, 0.2) is 59.2 Å². The van der Waals surface area contributed by atoms with Gasteiger partial charge in [0.1, 0.15) is 0 Å². The van der Waals surface area contributed by atoms with Gasteiger partial charge in [-0.15, -0.1) is 11.3 Å². The number of carbonyl (C=O) groups is 2. The van der Waals surface area contributed by atoms with E-state index in [0.29, 0.717) is 16.4 Å². The van der Waals surface area contributed by atoms with Crippen LogP contribution in [0, 0.1) is 0 Å². The van der Waals surface area contributed by atoms with Gasteiger partial charge in [-0.25, -0.2) is 0 Å². The Morgan fingerprint density at radius 1 is 1.08 bits per heavy atom. The lowest BCUT2D eigenvalue weighted by Gasteiger charge is -2.16. The number of thiophene rings is 1. The molecular formula is C18H14N2O3S. The van der Waals surface area contributed by atoms with Crippen molar-refractivity contribution in [2.75, 3.05) is 16.8 Å². The molecule has 120 valence electrons. The second-order valence-electron chi connectivity index (χ2n) is 5.43. The fourth-order valence-electron chi connectivity index (χ4n) is 2.78. The summed E-state index contributed by atoms with van der Waals surface area (Å²) in [6, 6.07) is 14.7. The first-order valence-corrected chi connectivity index (χ1v) is 8.38. The molecule has 0 fully saturated rings. The number of rotatable bonds is 3. The van der Waals surface area contributed by atoms with E-state index in [2.05, 4.69) is 5.32 Å². The van der Waals surface area contributed by atoms with Crippen molar-refractivity contribution in [3.8, 4) is 0 Å². The zero-order valence-corrected chi connectivity index (χ0v) is 13.5. The van der Waals surface area contributed by atoms with Crippen molar-refractivity contribution < 1.29 is 14.0 Å². The highest BCUT2D eigenvalue weighted by Gasteiger charge is 2.26. The van der Waals surface area contributed by atoms with Gasteiger partial charge in [-0.05, 0) is 42.3 Å². The second kappa shape index (κ2) is 5.98. The van der Waals surface area contributed by atoms with Crippen molar-refractivity contribution in [3.05, 3.63) is 71.0 Å². The van der Waals surface area contributed by atoms with Gasteiger partial charge in [-0.1, -0.05) is 18.2 Å². The molecule has 0 saturated heterocycles. The highest BCUT2D eigenvalue weighted by molar-refractivity contribution is 7.18. The highest BCUT2D eigenvalue weighted by atomic mass is 32.1. The summed E-state index contributed by atoms with van der Waals surface area (Å²) in [7, 11) is 0. The predicted octanol–water partition coefficient (Wildman–Crippen LogP) is 3.80. The summed E-state index contributed by atoms with van der Waals surface area (Å²) in [5.41, 5.74) is 2.16. The van der Waals surface area contributed by atoms with E-state index >= 15 is 0 Å². The van der Waals surface area contributed by atoms with Gasteiger partial charge in [0.15, 0.2) is 5.76 Å². The third-order valence-corrected chi connectivity index (χ3v) is 4.92. The Labute approximate surface area is 142 Å². The maximum atomic E-state index is 12.7. The lowest BCUT2D eigenvalue weighted by molar-refractivity contribution is 0.0987. The molecule has 1 aromatic carbocycles. The number of furan rings is 1. The molecule has 1 N–H and O–H groups in total. The molecule has 5 nitrogen and oxygen atoms in total. The first-order valence-electron chi connectivity index (χ1n) is 7.57. The van der Waals surface area contributed by atoms with E-state index < -0.39 is 0 Å². The largest absolute Gasteiger partial charge is 0.459 e. The first kappa shape index (κ1) is 14.7. The van der Waals surface area contributed by atoms with Crippen molar-refractivity contribution in [3.63, 3.8) is 0 Å². The Kier molecular flexibility index (Phi) is 3.66. The van der Waals surface area contributed by atoms with Crippen molar-refractivity contribution in [1.82, 2.24) is 0 Å². The Morgan fingerprint density at radius 2 is 1.96 bits per heavy atom. The summed E-state index contributed by atoms with van der Waals surface area (Å²) in [5.74, 6) is -0.124. The van der Waals surface area contributed by atoms with Crippen LogP contribution in [0.3, 0.4) is 0 Å². The number of nitrogens with one attached hydrogen (secondary N) is 1. The van der Waals surface area contributed by atoms with Crippen molar-refractivity contribution in [2.24, 2.45) is 0 Å². The molecule has 24 heavy (non-hydrogen) atoms. The Hall–Kier alpha value is -2.86.